The maximum atomic E-state index is 2.50. The third kappa shape index (κ3) is 7.08. The van der Waals surface area contributed by atoms with Crippen LogP contribution in [0.2, 0.25) is 0 Å². The molecule has 0 aliphatic heterocycles. The molecule has 2 heterocycles. The van der Waals surface area contributed by atoms with Crippen molar-refractivity contribution >= 4 is 114 Å². The van der Waals surface area contributed by atoms with Gasteiger partial charge in [-0.05, 0) is 114 Å². The van der Waals surface area contributed by atoms with Crippen molar-refractivity contribution in [3.8, 4) is 11.1 Å². The minimum atomic E-state index is 1.08. The van der Waals surface area contributed by atoms with Gasteiger partial charge in [0.25, 0.3) is 0 Å². The summed E-state index contributed by atoms with van der Waals surface area (Å²) in [6.45, 7) is 0. The van der Waals surface area contributed by atoms with E-state index in [0.717, 1.165) is 51.2 Å². The molecular weight excluding hydrogens is 827 g/mol. The molecule has 0 N–H and O–H groups in total. The van der Waals surface area contributed by atoms with E-state index in [1.165, 1.54) is 51.5 Å². The number of hydrogen-bond acceptors (Lipinski definition) is 5. The van der Waals surface area contributed by atoms with E-state index in [-0.39, 0.29) is 0 Å². The number of nitrogens with zero attached hydrogens (tertiary/aromatic N) is 3. The molecule has 0 amide bonds. The summed E-state index contributed by atoms with van der Waals surface area (Å²) in [6, 6.07) is 90.1. The van der Waals surface area contributed by atoms with Gasteiger partial charge in [-0.15, -0.1) is 22.7 Å². The fourth-order valence-electron chi connectivity index (χ4n) is 9.26. The number of hydrogen-bond donors (Lipinski definition) is 0. The van der Waals surface area contributed by atoms with E-state index < -0.39 is 0 Å². The molecule has 5 heteroatoms. The van der Waals surface area contributed by atoms with Gasteiger partial charge in [0.15, 0.2) is 0 Å². The van der Waals surface area contributed by atoms with E-state index in [4.69, 9.17) is 0 Å². The van der Waals surface area contributed by atoms with Gasteiger partial charge >= 0.3 is 0 Å². The maximum Gasteiger partial charge on any atom is 0.0661 e. The Morgan fingerprint density at radius 1 is 0.246 bits per heavy atom. The van der Waals surface area contributed by atoms with E-state index >= 15 is 0 Å². The van der Waals surface area contributed by atoms with E-state index in [9.17, 15) is 0 Å². The van der Waals surface area contributed by atoms with Gasteiger partial charge in [-0.1, -0.05) is 146 Å². The van der Waals surface area contributed by atoms with Crippen LogP contribution in [-0.4, -0.2) is 0 Å². The summed E-state index contributed by atoms with van der Waals surface area (Å²) < 4.78 is 4.96. The van der Waals surface area contributed by atoms with Gasteiger partial charge < -0.3 is 14.7 Å². The van der Waals surface area contributed by atoms with Crippen LogP contribution in [-0.2, 0) is 0 Å². The van der Waals surface area contributed by atoms with Crippen LogP contribution in [0, 0.1) is 0 Å². The first-order valence-electron chi connectivity index (χ1n) is 21.9. The smallest absolute Gasteiger partial charge is 0.0661 e. The Bertz CT molecular complexity index is 3510. The molecule has 12 rings (SSSR count). The standard InChI is InChI=1S/C60H41N3S2/c1-7-21-42(22-8-1)43-35-36-57-52(37-43)53-38-49(61(44-23-9-2-10-24-44)45-25-11-3-12-26-45)40-55(60(53)65-57)63(48-31-17-6-18-32-48)50-39-54(59-51-33-19-20-34-56(51)64-58(59)41-50)62(46-27-13-4-14-28-46)47-29-15-5-16-30-47/h1-41H. The van der Waals surface area contributed by atoms with E-state index in [0.29, 0.717) is 0 Å². The predicted molar refractivity (Wildman–Crippen MR) is 282 cm³/mol. The first kappa shape index (κ1) is 38.7. The molecule has 0 fully saturated rings. The predicted octanol–water partition coefficient (Wildman–Crippen LogP) is 18.5. The second-order valence-electron chi connectivity index (χ2n) is 16.1. The van der Waals surface area contributed by atoms with Gasteiger partial charge in [0.05, 0.1) is 16.1 Å². The molecule has 0 unspecified atom stereocenters. The average Bonchev–Trinajstić information content (AvgIpc) is 3.94. The van der Waals surface area contributed by atoms with Gasteiger partial charge in [0, 0.05) is 75.5 Å². The van der Waals surface area contributed by atoms with Crippen LogP contribution < -0.4 is 14.7 Å². The third-order valence-corrected chi connectivity index (χ3v) is 14.5. The molecule has 0 saturated carbocycles. The van der Waals surface area contributed by atoms with Crippen molar-refractivity contribution in [2.75, 3.05) is 14.7 Å². The summed E-state index contributed by atoms with van der Waals surface area (Å²) in [4.78, 5) is 7.32. The topological polar surface area (TPSA) is 9.72 Å². The molecule has 0 bridgehead atoms. The highest BCUT2D eigenvalue weighted by Crippen LogP contribution is 2.53. The molecule has 2 aromatic heterocycles. The highest BCUT2D eigenvalue weighted by Gasteiger charge is 2.26. The van der Waals surface area contributed by atoms with Crippen LogP contribution in [0.25, 0.3) is 51.5 Å². The van der Waals surface area contributed by atoms with Crippen molar-refractivity contribution in [2.24, 2.45) is 0 Å². The molecule has 308 valence electrons. The van der Waals surface area contributed by atoms with E-state index in [1.807, 2.05) is 22.7 Å². The lowest BCUT2D eigenvalue weighted by Crippen LogP contribution is -2.15. The SMILES string of the molecule is c1ccc(-c2ccc3sc4c(N(c5ccccc5)c5cc(N(c6ccccc6)c6ccccc6)c6c(c5)sc5ccccc56)cc(N(c5ccccc5)c5ccccc5)cc4c3c2)cc1. The lowest BCUT2D eigenvalue weighted by atomic mass is 10.0. The molecule has 0 aliphatic rings. The lowest BCUT2D eigenvalue weighted by molar-refractivity contribution is 1.26. The summed E-state index contributed by atoms with van der Waals surface area (Å²) in [7, 11) is 0. The molecule has 0 atom stereocenters. The zero-order valence-electron chi connectivity index (χ0n) is 35.3. The number of benzene rings is 10. The van der Waals surface area contributed by atoms with E-state index in [2.05, 4.69) is 263 Å². The highest BCUT2D eigenvalue weighted by molar-refractivity contribution is 7.26. The normalized spacial score (nSPS) is 11.4. The summed E-state index contributed by atoms with van der Waals surface area (Å²) in [5, 5.41) is 4.94. The van der Waals surface area contributed by atoms with Crippen molar-refractivity contribution in [1.82, 2.24) is 0 Å². The Labute approximate surface area is 386 Å². The van der Waals surface area contributed by atoms with Crippen LogP contribution in [0.3, 0.4) is 0 Å². The minimum Gasteiger partial charge on any atom is -0.310 e. The van der Waals surface area contributed by atoms with Gasteiger partial charge in [-0.2, -0.15) is 0 Å². The quantitative estimate of drug-likeness (QED) is 0.136. The molecule has 0 spiro atoms. The van der Waals surface area contributed by atoms with Crippen molar-refractivity contribution < 1.29 is 0 Å². The summed E-state index contributed by atoms with van der Waals surface area (Å²) in [5.74, 6) is 0. The molecule has 12 aromatic rings. The van der Waals surface area contributed by atoms with Crippen molar-refractivity contribution in [2.45, 2.75) is 0 Å². The van der Waals surface area contributed by atoms with Gasteiger partial charge in [-0.25, -0.2) is 0 Å². The first-order valence-corrected chi connectivity index (χ1v) is 23.6. The lowest BCUT2D eigenvalue weighted by Gasteiger charge is -2.32. The molecule has 10 aromatic carbocycles. The Balaban J connectivity index is 1.19. The highest BCUT2D eigenvalue weighted by atomic mass is 32.1. The fraction of sp³-hybridized carbons (Fsp3) is 0. The second kappa shape index (κ2) is 16.6. The molecule has 0 aliphatic carbocycles. The number of rotatable bonds is 10. The Morgan fingerprint density at radius 3 is 1.26 bits per heavy atom. The largest absolute Gasteiger partial charge is 0.310 e. The number of fused-ring (bicyclic) bond motifs is 6. The van der Waals surface area contributed by atoms with Crippen LogP contribution in [0.4, 0.5) is 51.2 Å². The zero-order chi connectivity index (χ0) is 43.1. The summed E-state index contributed by atoms with van der Waals surface area (Å²) in [5.41, 5.74) is 12.3. The van der Waals surface area contributed by atoms with Crippen molar-refractivity contribution in [3.63, 3.8) is 0 Å². The van der Waals surface area contributed by atoms with Crippen LogP contribution in [0.15, 0.2) is 249 Å². The number of anilines is 9. The molecule has 65 heavy (non-hydrogen) atoms. The summed E-state index contributed by atoms with van der Waals surface area (Å²) >= 11 is 3.72. The molecule has 3 nitrogen and oxygen atoms in total. The summed E-state index contributed by atoms with van der Waals surface area (Å²) in [6.07, 6.45) is 0. The molecular formula is C60H41N3S2. The fourth-order valence-corrected chi connectivity index (χ4v) is 11.6. The number of thiophene rings is 2. The third-order valence-electron chi connectivity index (χ3n) is 12.2. The average molecular weight is 868 g/mol. The Hall–Kier alpha value is -7.96. The Morgan fingerprint density at radius 2 is 0.692 bits per heavy atom. The maximum absolute atomic E-state index is 2.50. The monoisotopic (exact) mass is 867 g/mol. The first-order chi connectivity index (χ1) is 32.2. The minimum absolute atomic E-state index is 1.08. The van der Waals surface area contributed by atoms with Crippen LogP contribution >= 0.6 is 22.7 Å². The van der Waals surface area contributed by atoms with Gasteiger partial charge in [0.2, 0.25) is 0 Å². The van der Waals surface area contributed by atoms with Gasteiger partial charge in [-0.3, -0.25) is 0 Å². The second-order valence-corrected chi connectivity index (χ2v) is 18.3. The van der Waals surface area contributed by atoms with E-state index in [1.54, 1.807) is 0 Å². The molecule has 0 saturated heterocycles. The molecule has 0 radical (unpaired) electrons. The Kier molecular flexibility index (Phi) is 9.90. The zero-order valence-corrected chi connectivity index (χ0v) is 37.0. The van der Waals surface area contributed by atoms with Crippen molar-refractivity contribution in [3.05, 3.63) is 249 Å². The number of para-hydroxylation sites is 5. The van der Waals surface area contributed by atoms with Crippen LogP contribution in [0.5, 0.6) is 0 Å². The van der Waals surface area contributed by atoms with Crippen LogP contribution in [0.1, 0.15) is 0 Å². The van der Waals surface area contributed by atoms with Gasteiger partial charge in [0.1, 0.15) is 0 Å². The van der Waals surface area contributed by atoms with Crippen molar-refractivity contribution in [1.29, 1.82) is 0 Å².